The van der Waals surface area contributed by atoms with Gasteiger partial charge in [-0.25, -0.2) is 0 Å². The van der Waals surface area contributed by atoms with E-state index in [-0.39, 0.29) is 6.10 Å². The van der Waals surface area contributed by atoms with Crippen LogP contribution in [0.4, 0.5) is 0 Å². The molecule has 5 heteroatoms. The standard InChI is InChI=1S/C9H12N2O3/c12-9(13)6-2-1-5-14-8(6)7-3-4-10-11-7/h3-4,6,8H,1-2,5H2,(H,10,11)(H,12,13). The highest BCUT2D eigenvalue weighted by Gasteiger charge is 2.33. The third kappa shape index (κ3) is 1.63. The van der Waals surface area contributed by atoms with Crippen LogP contribution in [0.3, 0.4) is 0 Å². The third-order valence-corrected chi connectivity index (χ3v) is 2.47. The smallest absolute Gasteiger partial charge is 0.309 e. The summed E-state index contributed by atoms with van der Waals surface area (Å²) in [6.07, 6.45) is 2.70. The number of aliphatic carboxylic acids is 1. The van der Waals surface area contributed by atoms with Gasteiger partial charge in [-0.2, -0.15) is 5.10 Å². The number of aromatic nitrogens is 2. The van der Waals surface area contributed by atoms with E-state index in [0.29, 0.717) is 13.0 Å². The van der Waals surface area contributed by atoms with Gasteiger partial charge >= 0.3 is 5.97 Å². The summed E-state index contributed by atoms with van der Waals surface area (Å²) in [6.45, 7) is 0.619. The van der Waals surface area contributed by atoms with E-state index < -0.39 is 11.9 Å². The lowest BCUT2D eigenvalue weighted by Gasteiger charge is -2.27. The Morgan fingerprint density at radius 3 is 3.21 bits per heavy atom. The lowest BCUT2D eigenvalue weighted by atomic mass is 9.92. The second-order valence-corrected chi connectivity index (χ2v) is 3.39. The molecule has 0 bridgehead atoms. The predicted octanol–water partition coefficient (Wildman–Crippen LogP) is 0.962. The summed E-state index contributed by atoms with van der Waals surface area (Å²) in [4.78, 5) is 10.9. The summed E-state index contributed by atoms with van der Waals surface area (Å²) >= 11 is 0. The minimum absolute atomic E-state index is 0.372. The molecule has 1 aromatic heterocycles. The number of carbonyl (C=O) groups is 1. The van der Waals surface area contributed by atoms with Crippen LogP contribution >= 0.6 is 0 Å². The molecule has 2 atom stereocenters. The highest BCUT2D eigenvalue weighted by Crippen LogP contribution is 2.32. The first-order valence-electron chi connectivity index (χ1n) is 4.62. The number of nitrogens with one attached hydrogen (secondary N) is 1. The van der Waals surface area contributed by atoms with E-state index in [9.17, 15) is 4.79 Å². The second kappa shape index (κ2) is 3.79. The van der Waals surface area contributed by atoms with E-state index in [1.165, 1.54) is 0 Å². The highest BCUT2D eigenvalue weighted by atomic mass is 16.5. The maximum Gasteiger partial charge on any atom is 0.309 e. The molecule has 1 aliphatic heterocycles. The third-order valence-electron chi connectivity index (χ3n) is 2.47. The Balaban J connectivity index is 2.18. The number of aromatic amines is 1. The zero-order valence-electron chi connectivity index (χ0n) is 7.64. The first-order valence-corrected chi connectivity index (χ1v) is 4.62. The number of H-pyrrole nitrogens is 1. The SMILES string of the molecule is O=C(O)C1CCCOC1c1ccn[nH]1. The van der Waals surface area contributed by atoms with Gasteiger partial charge in [0, 0.05) is 12.8 Å². The van der Waals surface area contributed by atoms with E-state index in [1.807, 2.05) is 0 Å². The Bertz CT molecular complexity index is 310. The molecule has 2 N–H and O–H groups in total. The van der Waals surface area contributed by atoms with Gasteiger partial charge in [-0.3, -0.25) is 9.89 Å². The van der Waals surface area contributed by atoms with E-state index in [4.69, 9.17) is 9.84 Å². The van der Waals surface area contributed by atoms with Crippen LogP contribution in [-0.4, -0.2) is 27.9 Å². The zero-order valence-corrected chi connectivity index (χ0v) is 7.64. The largest absolute Gasteiger partial charge is 0.481 e. The van der Waals surface area contributed by atoms with E-state index >= 15 is 0 Å². The molecule has 2 rings (SSSR count). The van der Waals surface area contributed by atoms with Gasteiger partial charge in [0.25, 0.3) is 0 Å². The highest BCUT2D eigenvalue weighted by molar-refractivity contribution is 5.71. The molecule has 76 valence electrons. The normalized spacial score (nSPS) is 27.4. The molecule has 0 aliphatic carbocycles. The van der Waals surface area contributed by atoms with Crippen molar-refractivity contribution in [1.29, 1.82) is 0 Å². The molecule has 1 saturated heterocycles. The van der Waals surface area contributed by atoms with Crippen molar-refractivity contribution in [1.82, 2.24) is 10.2 Å². The summed E-state index contributed by atoms with van der Waals surface area (Å²) in [5.41, 5.74) is 0.747. The van der Waals surface area contributed by atoms with Gasteiger partial charge in [0.1, 0.15) is 6.10 Å². The quantitative estimate of drug-likeness (QED) is 0.738. The van der Waals surface area contributed by atoms with Crippen molar-refractivity contribution in [2.24, 2.45) is 5.92 Å². The average molecular weight is 196 g/mol. The van der Waals surface area contributed by atoms with Crippen LogP contribution in [0.15, 0.2) is 12.3 Å². The first-order chi connectivity index (χ1) is 6.79. The second-order valence-electron chi connectivity index (χ2n) is 3.39. The van der Waals surface area contributed by atoms with Crippen LogP contribution in [-0.2, 0) is 9.53 Å². The molecule has 0 saturated carbocycles. The van der Waals surface area contributed by atoms with E-state index in [0.717, 1.165) is 12.1 Å². The zero-order chi connectivity index (χ0) is 9.97. The van der Waals surface area contributed by atoms with Crippen molar-refractivity contribution in [3.05, 3.63) is 18.0 Å². The molecule has 2 heterocycles. The van der Waals surface area contributed by atoms with Gasteiger partial charge < -0.3 is 9.84 Å². The van der Waals surface area contributed by atoms with Gasteiger partial charge in [-0.05, 0) is 18.9 Å². The molecule has 1 aliphatic rings. The fourth-order valence-electron chi connectivity index (χ4n) is 1.77. The maximum absolute atomic E-state index is 10.9. The number of carboxylic acid groups (broad SMARTS) is 1. The molecule has 0 spiro atoms. The molecule has 0 radical (unpaired) electrons. The van der Waals surface area contributed by atoms with E-state index in [2.05, 4.69) is 10.2 Å². The lowest BCUT2D eigenvalue weighted by molar-refractivity contribution is -0.152. The van der Waals surface area contributed by atoms with Crippen LogP contribution in [0.1, 0.15) is 24.6 Å². The Hall–Kier alpha value is -1.36. The van der Waals surface area contributed by atoms with E-state index in [1.54, 1.807) is 12.3 Å². The predicted molar refractivity (Wildman–Crippen MR) is 47.6 cm³/mol. The number of ether oxygens (including phenoxy) is 1. The minimum Gasteiger partial charge on any atom is -0.481 e. The topological polar surface area (TPSA) is 75.2 Å². The van der Waals surface area contributed by atoms with Crippen LogP contribution < -0.4 is 0 Å². The summed E-state index contributed by atoms with van der Waals surface area (Å²) in [7, 11) is 0. The Kier molecular flexibility index (Phi) is 2.49. The fourth-order valence-corrected chi connectivity index (χ4v) is 1.77. The molecular formula is C9H12N2O3. The number of carboxylic acids is 1. The minimum atomic E-state index is -0.802. The van der Waals surface area contributed by atoms with Gasteiger partial charge in [0.2, 0.25) is 0 Å². The van der Waals surface area contributed by atoms with Crippen molar-refractivity contribution in [3.63, 3.8) is 0 Å². The lowest BCUT2D eigenvalue weighted by Crippen LogP contribution is -2.29. The summed E-state index contributed by atoms with van der Waals surface area (Å²) in [5.74, 6) is -1.26. The Labute approximate surface area is 81.1 Å². The molecular weight excluding hydrogens is 184 g/mol. The van der Waals surface area contributed by atoms with Crippen LogP contribution in [0.5, 0.6) is 0 Å². The van der Waals surface area contributed by atoms with Crippen LogP contribution in [0.2, 0.25) is 0 Å². The molecule has 0 amide bonds. The summed E-state index contributed by atoms with van der Waals surface area (Å²) in [5, 5.41) is 15.5. The van der Waals surface area contributed by atoms with Gasteiger partial charge in [-0.1, -0.05) is 0 Å². The molecule has 5 nitrogen and oxygen atoms in total. The number of hydrogen-bond donors (Lipinski definition) is 2. The number of rotatable bonds is 2. The molecule has 2 unspecified atom stereocenters. The summed E-state index contributed by atoms with van der Waals surface area (Å²) in [6, 6.07) is 1.76. The molecule has 1 aromatic rings. The Morgan fingerprint density at radius 1 is 1.71 bits per heavy atom. The maximum atomic E-state index is 10.9. The van der Waals surface area contributed by atoms with Crippen LogP contribution in [0, 0.1) is 5.92 Å². The van der Waals surface area contributed by atoms with Crippen molar-refractivity contribution < 1.29 is 14.6 Å². The van der Waals surface area contributed by atoms with Gasteiger partial charge in [0.05, 0.1) is 11.6 Å². The molecule has 0 aromatic carbocycles. The van der Waals surface area contributed by atoms with Gasteiger partial charge in [-0.15, -0.1) is 0 Å². The average Bonchev–Trinajstić information content (AvgIpc) is 2.70. The van der Waals surface area contributed by atoms with Gasteiger partial charge in [0.15, 0.2) is 0 Å². The summed E-state index contributed by atoms with van der Waals surface area (Å²) < 4.78 is 5.44. The number of hydrogen-bond acceptors (Lipinski definition) is 3. The first kappa shape index (κ1) is 9.21. The fraction of sp³-hybridized carbons (Fsp3) is 0.556. The Morgan fingerprint density at radius 2 is 2.57 bits per heavy atom. The molecule has 14 heavy (non-hydrogen) atoms. The van der Waals surface area contributed by atoms with Crippen molar-refractivity contribution in [2.75, 3.05) is 6.61 Å². The molecule has 1 fully saturated rings. The van der Waals surface area contributed by atoms with Crippen molar-refractivity contribution in [3.8, 4) is 0 Å². The van der Waals surface area contributed by atoms with Crippen molar-refractivity contribution in [2.45, 2.75) is 18.9 Å². The van der Waals surface area contributed by atoms with Crippen LogP contribution in [0.25, 0.3) is 0 Å². The van der Waals surface area contributed by atoms with Crippen molar-refractivity contribution >= 4 is 5.97 Å². The number of nitrogens with zero attached hydrogens (tertiary/aromatic N) is 1. The monoisotopic (exact) mass is 196 g/mol.